The van der Waals surface area contributed by atoms with Crippen LogP contribution in [0, 0.1) is 24.2 Å². The maximum atomic E-state index is 12.2. The normalized spacial score (nSPS) is 19.7. The molecule has 0 bridgehead atoms. The molecule has 0 unspecified atom stereocenters. The number of nitrogens with zero attached hydrogens (tertiary/aromatic N) is 4. The van der Waals surface area contributed by atoms with Crippen LogP contribution in [0.2, 0.25) is 0 Å². The number of imidazole rings is 1. The Labute approximate surface area is 132 Å². The van der Waals surface area contributed by atoms with Gasteiger partial charge in [0.25, 0.3) is 10.2 Å². The fraction of sp³-hybridized carbons (Fsp3) is 0.714. The molecule has 122 valence electrons. The van der Waals surface area contributed by atoms with Gasteiger partial charge in [-0.1, -0.05) is 0 Å². The second-order valence-corrected chi connectivity index (χ2v) is 7.80. The van der Waals surface area contributed by atoms with Gasteiger partial charge in [0.05, 0.1) is 17.7 Å². The second kappa shape index (κ2) is 6.77. The summed E-state index contributed by atoms with van der Waals surface area (Å²) in [6, 6.07) is 2.04. The summed E-state index contributed by atoms with van der Waals surface area (Å²) >= 11 is 0. The highest BCUT2D eigenvalue weighted by atomic mass is 32.2. The van der Waals surface area contributed by atoms with E-state index < -0.39 is 10.2 Å². The Morgan fingerprint density at radius 1 is 1.64 bits per heavy atom. The van der Waals surface area contributed by atoms with E-state index in [-0.39, 0.29) is 18.4 Å². The van der Waals surface area contributed by atoms with Gasteiger partial charge >= 0.3 is 0 Å². The van der Waals surface area contributed by atoms with Gasteiger partial charge in [-0.15, -0.1) is 0 Å². The van der Waals surface area contributed by atoms with Gasteiger partial charge < -0.3 is 4.57 Å². The van der Waals surface area contributed by atoms with E-state index in [1.54, 1.807) is 6.92 Å². The third-order valence-corrected chi connectivity index (χ3v) is 5.42. The molecule has 0 aliphatic carbocycles. The molecular formula is C14H23N5O2S. The number of rotatable bonds is 6. The highest BCUT2D eigenvalue weighted by molar-refractivity contribution is 7.87. The van der Waals surface area contributed by atoms with Gasteiger partial charge in [-0.2, -0.15) is 18.0 Å². The summed E-state index contributed by atoms with van der Waals surface area (Å²) in [5.74, 6) is 0.719. The lowest BCUT2D eigenvalue weighted by molar-refractivity contribution is 0.411. The number of nitrogens with one attached hydrogen (secondary N) is 1. The zero-order valence-corrected chi connectivity index (χ0v) is 14.1. The van der Waals surface area contributed by atoms with E-state index in [0.717, 1.165) is 30.9 Å². The monoisotopic (exact) mass is 325 g/mol. The molecule has 22 heavy (non-hydrogen) atoms. The maximum absolute atomic E-state index is 12.2. The Kier molecular flexibility index (Phi) is 5.21. The summed E-state index contributed by atoms with van der Waals surface area (Å²) in [5, 5.41) is 8.79. The molecule has 1 aromatic heterocycles. The summed E-state index contributed by atoms with van der Waals surface area (Å²) in [5.41, 5.74) is 0.963. The molecule has 0 saturated carbocycles. The van der Waals surface area contributed by atoms with Gasteiger partial charge in [-0.05, 0) is 26.7 Å². The first-order valence-electron chi connectivity index (χ1n) is 7.47. The van der Waals surface area contributed by atoms with Gasteiger partial charge in [-0.25, -0.2) is 9.71 Å². The van der Waals surface area contributed by atoms with Crippen LogP contribution >= 0.6 is 0 Å². The second-order valence-electron chi connectivity index (χ2n) is 5.94. The van der Waals surface area contributed by atoms with Crippen LogP contribution < -0.4 is 4.72 Å². The van der Waals surface area contributed by atoms with Crippen LogP contribution in [-0.2, 0) is 16.8 Å². The Morgan fingerprint density at radius 3 is 3.05 bits per heavy atom. The summed E-state index contributed by atoms with van der Waals surface area (Å²) < 4.78 is 30.4. The van der Waals surface area contributed by atoms with Crippen molar-refractivity contribution in [1.29, 1.82) is 5.26 Å². The molecule has 2 rings (SSSR count). The highest BCUT2D eigenvalue weighted by Gasteiger charge is 2.26. The van der Waals surface area contributed by atoms with Crippen LogP contribution in [0.4, 0.5) is 0 Å². The van der Waals surface area contributed by atoms with Crippen molar-refractivity contribution in [2.24, 2.45) is 5.92 Å². The largest absolute Gasteiger partial charge is 0.334 e. The number of aryl methyl sites for hydroxylation is 2. The molecule has 1 aliphatic heterocycles. The molecule has 2 atom stereocenters. The van der Waals surface area contributed by atoms with E-state index in [1.165, 1.54) is 11.4 Å². The van der Waals surface area contributed by atoms with Gasteiger partial charge in [0.2, 0.25) is 0 Å². The Balaban J connectivity index is 1.99. The molecule has 0 radical (unpaired) electrons. The topological polar surface area (TPSA) is 91.0 Å². The van der Waals surface area contributed by atoms with Crippen molar-refractivity contribution in [2.75, 3.05) is 20.1 Å². The first-order chi connectivity index (χ1) is 10.3. The van der Waals surface area contributed by atoms with Crippen LogP contribution in [-0.4, -0.2) is 42.4 Å². The average Bonchev–Trinajstić information content (AvgIpc) is 2.85. The smallest absolute Gasteiger partial charge is 0.279 e. The lowest BCUT2D eigenvalue weighted by Crippen LogP contribution is -2.42. The third-order valence-electron chi connectivity index (χ3n) is 3.92. The fourth-order valence-corrected chi connectivity index (χ4v) is 3.79. The van der Waals surface area contributed by atoms with Crippen molar-refractivity contribution < 1.29 is 8.42 Å². The van der Waals surface area contributed by atoms with Crippen molar-refractivity contribution in [3.8, 4) is 6.07 Å². The van der Waals surface area contributed by atoms with Crippen molar-refractivity contribution in [3.05, 3.63) is 17.7 Å². The summed E-state index contributed by atoms with van der Waals surface area (Å²) in [6.07, 6.45) is 3.96. The van der Waals surface area contributed by atoms with E-state index in [1.807, 2.05) is 19.2 Å². The summed E-state index contributed by atoms with van der Waals surface area (Å²) in [7, 11) is -2.08. The molecular weight excluding hydrogens is 302 g/mol. The Hall–Kier alpha value is -1.43. The first kappa shape index (κ1) is 16.9. The van der Waals surface area contributed by atoms with E-state index in [9.17, 15) is 8.42 Å². The quantitative estimate of drug-likeness (QED) is 0.844. The zero-order chi connectivity index (χ0) is 16.3. The third kappa shape index (κ3) is 3.85. The maximum Gasteiger partial charge on any atom is 0.279 e. The number of fused-ring (bicyclic) bond motifs is 1. The standard InChI is InChI=1S/C14H23N5O2S/c1-11(7-15)9-18(3)22(20,21)16-8-13-5-4-6-19-10-12(2)17-14(13)19/h10-11,13,16H,4-6,8-9H2,1-3H3/t11-,13+/m0/s1. The number of aromatic nitrogens is 2. The van der Waals surface area contributed by atoms with Crippen LogP contribution in [0.3, 0.4) is 0 Å². The molecule has 1 aliphatic rings. The minimum atomic E-state index is -3.57. The van der Waals surface area contributed by atoms with E-state index in [2.05, 4.69) is 14.3 Å². The van der Waals surface area contributed by atoms with Crippen molar-refractivity contribution >= 4 is 10.2 Å². The molecule has 0 fully saturated rings. The van der Waals surface area contributed by atoms with Gasteiger partial charge in [0.15, 0.2) is 0 Å². The van der Waals surface area contributed by atoms with Gasteiger partial charge in [0.1, 0.15) is 5.82 Å². The molecule has 0 amide bonds. The molecule has 7 nitrogen and oxygen atoms in total. The Morgan fingerprint density at radius 2 is 2.36 bits per heavy atom. The zero-order valence-electron chi connectivity index (χ0n) is 13.3. The minimum Gasteiger partial charge on any atom is -0.334 e. The molecule has 0 spiro atoms. The van der Waals surface area contributed by atoms with Gasteiger partial charge in [0, 0.05) is 38.8 Å². The highest BCUT2D eigenvalue weighted by Crippen LogP contribution is 2.26. The fourth-order valence-electron chi connectivity index (χ4n) is 2.74. The molecule has 0 saturated heterocycles. The van der Waals surface area contributed by atoms with Gasteiger partial charge in [-0.3, -0.25) is 0 Å². The molecule has 8 heteroatoms. The van der Waals surface area contributed by atoms with Crippen LogP contribution in [0.15, 0.2) is 6.20 Å². The lowest BCUT2D eigenvalue weighted by Gasteiger charge is -2.25. The lowest BCUT2D eigenvalue weighted by atomic mass is 9.99. The van der Waals surface area contributed by atoms with E-state index >= 15 is 0 Å². The van der Waals surface area contributed by atoms with Crippen molar-refractivity contribution in [3.63, 3.8) is 0 Å². The van der Waals surface area contributed by atoms with Crippen LogP contribution in [0.25, 0.3) is 0 Å². The number of nitriles is 1. The predicted octanol–water partition coefficient (Wildman–Crippen LogP) is 0.995. The van der Waals surface area contributed by atoms with Crippen molar-refractivity contribution in [2.45, 2.75) is 39.2 Å². The molecule has 1 aromatic rings. The first-order valence-corrected chi connectivity index (χ1v) is 8.91. The molecule has 1 N–H and O–H groups in total. The average molecular weight is 325 g/mol. The minimum absolute atomic E-state index is 0.0963. The van der Waals surface area contributed by atoms with E-state index in [4.69, 9.17) is 5.26 Å². The Bertz CT molecular complexity index is 661. The molecule has 2 heterocycles. The summed E-state index contributed by atoms with van der Waals surface area (Å²) in [4.78, 5) is 4.51. The van der Waals surface area contributed by atoms with Crippen LogP contribution in [0.5, 0.6) is 0 Å². The van der Waals surface area contributed by atoms with E-state index in [0.29, 0.717) is 6.54 Å². The van der Waals surface area contributed by atoms with Crippen LogP contribution in [0.1, 0.15) is 37.2 Å². The SMILES string of the molecule is Cc1cn2c(n1)[C@@H](CNS(=O)(=O)N(C)C[C@@H](C)C#N)CCC2. The number of hydrogen-bond donors (Lipinski definition) is 1. The van der Waals surface area contributed by atoms with Crippen molar-refractivity contribution in [1.82, 2.24) is 18.6 Å². The number of hydrogen-bond acceptors (Lipinski definition) is 4. The summed E-state index contributed by atoms with van der Waals surface area (Å²) in [6.45, 7) is 5.11. The predicted molar refractivity (Wildman–Crippen MR) is 83.3 cm³/mol. The molecule has 0 aromatic carbocycles.